The second kappa shape index (κ2) is 3.71. The Kier molecular flexibility index (Phi) is 2.50. The maximum Gasteiger partial charge on any atom is 0.0712 e. The third-order valence-electron chi connectivity index (χ3n) is 3.41. The van der Waals surface area contributed by atoms with E-state index in [1.807, 2.05) is 0 Å². The molecule has 2 unspecified atom stereocenters. The zero-order valence-electron chi connectivity index (χ0n) is 9.60. The molecule has 0 amide bonds. The fourth-order valence-corrected chi connectivity index (χ4v) is 2.23. The van der Waals surface area contributed by atoms with E-state index >= 15 is 0 Å². The molecule has 2 nitrogen and oxygen atoms in total. The van der Waals surface area contributed by atoms with Gasteiger partial charge in [-0.3, -0.25) is 0 Å². The predicted molar refractivity (Wildman–Crippen MR) is 68.8 cm³/mol. The van der Waals surface area contributed by atoms with Crippen molar-refractivity contribution in [2.75, 3.05) is 0 Å². The summed E-state index contributed by atoms with van der Waals surface area (Å²) in [7, 11) is 0. The van der Waals surface area contributed by atoms with Gasteiger partial charge in [-0.25, -0.2) is 0 Å². The second-order valence-corrected chi connectivity index (χ2v) is 4.48. The van der Waals surface area contributed by atoms with E-state index in [9.17, 15) is 0 Å². The van der Waals surface area contributed by atoms with Gasteiger partial charge in [0.15, 0.2) is 0 Å². The van der Waals surface area contributed by atoms with Gasteiger partial charge in [-0.15, -0.1) is 0 Å². The summed E-state index contributed by atoms with van der Waals surface area (Å²) in [5, 5.41) is 6.76. The minimum atomic E-state index is 0.157. The highest BCUT2D eigenvalue weighted by Gasteiger charge is 2.33. The van der Waals surface area contributed by atoms with Crippen LogP contribution in [0.2, 0.25) is 0 Å². The van der Waals surface area contributed by atoms with Crippen LogP contribution in [0.5, 0.6) is 0 Å². The molecule has 2 N–H and O–H groups in total. The topological polar surface area (TPSA) is 24.1 Å². The molecule has 0 aromatic carbocycles. The molecule has 1 aliphatic heterocycles. The van der Waals surface area contributed by atoms with Gasteiger partial charge in [0.1, 0.15) is 0 Å². The molecule has 16 heavy (non-hydrogen) atoms. The Morgan fingerprint density at radius 2 is 1.56 bits per heavy atom. The lowest BCUT2D eigenvalue weighted by atomic mass is 9.83. The molecule has 1 aliphatic carbocycles. The standard InChI is InChI=1S/C14H18N2/c1-8-6-7-13-14(9(8)2)16-12(5)10(3)11(4)15-13/h13-16H,1-7H2. The first-order valence-corrected chi connectivity index (χ1v) is 5.48. The molecule has 0 bridgehead atoms. The van der Waals surface area contributed by atoms with Crippen LogP contribution < -0.4 is 10.6 Å². The molecule has 0 spiro atoms. The van der Waals surface area contributed by atoms with Crippen LogP contribution in [0.25, 0.3) is 0 Å². The van der Waals surface area contributed by atoms with Crippen molar-refractivity contribution < 1.29 is 0 Å². The highest BCUT2D eigenvalue weighted by atomic mass is 15.1. The lowest BCUT2D eigenvalue weighted by Gasteiger charge is -2.34. The number of nitrogens with one attached hydrogen (secondary N) is 2. The molecule has 0 aromatic heterocycles. The van der Waals surface area contributed by atoms with Gasteiger partial charge in [-0.1, -0.05) is 38.5 Å². The van der Waals surface area contributed by atoms with E-state index in [4.69, 9.17) is 0 Å². The molecule has 0 radical (unpaired) electrons. The lowest BCUT2D eigenvalue weighted by Crippen LogP contribution is -2.48. The average Bonchev–Trinajstić information content (AvgIpc) is 2.36. The van der Waals surface area contributed by atoms with E-state index < -0.39 is 0 Å². The fourth-order valence-electron chi connectivity index (χ4n) is 2.23. The SMILES string of the molecule is C=C1CCC2NC(=C)C(=C)C(=C)NC2C1=C. The average molecular weight is 214 g/mol. The van der Waals surface area contributed by atoms with Crippen molar-refractivity contribution in [2.45, 2.75) is 24.9 Å². The Balaban J connectivity index is 2.31. The van der Waals surface area contributed by atoms with Gasteiger partial charge < -0.3 is 10.6 Å². The van der Waals surface area contributed by atoms with E-state index in [1.165, 1.54) is 0 Å². The first-order valence-electron chi connectivity index (χ1n) is 5.48. The van der Waals surface area contributed by atoms with Crippen LogP contribution in [0.1, 0.15) is 12.8 Å². The number of fused-ring (bicyclic) bond motifs is 1. The summed E-state index contributed by atoms with van der Waals surface area (Å²) in [6.45, 7) is 20.1. The van der Waals surface area contributed by atoms with E-state index in [-0.39, 0.29) is 6.04 Å². The summed E-state index contributed by atoms with van der Waals surface area (Å²) in [6, 6.07) is 0.464. The van der Waals surface area contributed by atoms with E-state index in [1.54, 1.807) is 0 Å². The van der Waals surface area contributed by atoms with E-state index in [2.05, 4.69) is 43.5 Å². The molecule has 1 saturated heterocycles. The van der Waals surface area contributed by atoms with Gasteiger partial charge >= 0.3 is 0 Å². The molecule has 84 valence electrons. The molecular weight excluding hydrogens is 196 g/mol. The molecule has 2 heteroatoms. The normalized spacial score (nSPS) is 30.4. The van der Waals surface area contributed by atoms with Crippen LogP contribution in [0.15, 0.2) is 61.0 Å². The monoisotopic (exact) mass is 214 g/mol. The van der Waals surface area contributed by atoms with Crippen LogP contribution in [0.3, 0.4) is 0 Å². The first kappa shape index (κ1) is 10.8. The van der Waals surface area contributed by atoms with Gasteiger partial charge in [0.05, 0.1) is 12.1 Å². The maximum absolute atomic E-state index is 4.10. The summed E-state index contributed by atoms with van der Waals surface area (Å²) in [5.41, 5.74) is 4.70. The summed E-state index contributed by atoms with van der Waals surface area (Å²) < 4.78 is 0. The van der Waals surface area contributed by atoms with E-state index in [0.717, 1.165) is 41.0 Å². The predicted octanol–water partition coefficient (Wildman–Crippen LogP) is 2.41. The van der Waals surface area contributed by atoms with Crippen LogP contribution in [0.4, 0.5) is 0 Å². The van der Waals surface area contributed by atoms with Crippen molar-refractivity contribution in [1.82, 2.24) is 10.6 Å². The second-order valence-electron chi connectivity index (χ2n) is 4.48. The van der Waals surface area contributed by atoms with Crippen molar-refractivity contribution in [3.05, 3.63) is 61.0 Å². The van der Waals surface area contributed by atoms with Gasteiger partial charge in [-0.05, 0) is 18.4 Å². The molecule has 2 rings (SSSR count). The van der Waals surface area contributed by atoms with Crippen LogP contribution in [0, 0.1) is 0 Å². The molecule has 2 fully saturated rings. The van der Waals surface area contributed by atoms with Crippen LogP contribution in [-0.2, 0) is 0 Å². The Morgan fingerprint density at radius 1 is 0.938 bits per heavy atom. The third-order valence-corrected chi connectivity index (χ3v) is 3.41. The third kappa shape index (κ3) is 1.60. The largest absolute Gasteiger partial charge is 0.380 e. The molecule has 2 aliphatic rings. The molecule has 2 atom stereocenters. The Hall–Kier alpha value is -1.70. The lowest BCUT2D eigenvalue weighted by molar-refractivity contribution is 0.425. The van der Waals surface area contributed by atoms with Crippen molar-refractivity contribution in [3.63, 3.8) is 0 Å². The minimum absolute atomic E-state index is 0.157. The van der Waals surface area contributed by atoms with Gasteiger partial charge in [0.25, 0.3) is 0 Å². The van der Waals surface area contributed by atoms with Gasteiger partial charge in [0.2, 0.25) is 0 Å². The number of hydrogen-bond acceptors (Lipinski definition) is 2. The zero-order chi connectivity index (χ0) is 11.9. The smallest absolute Gasteiger partial charge is 0.0712 e. The molecule has 1 heterocycles. The fraction of sp³-hybridized carbons (Fsp3) is 0.286. The molecular formula is C14H18N2. The van der Waals surface area contributed by atoms with Crippen LogP contribution in [-0.4, -0.2) is 12.1 Å². The van der Waals surface area contributed by atoms with Crippen molar-refractivity contribution >= 4 is 0 Å². The van der Waals surface area contributed by atoms with Gasteiger partial charge in [0, 0.05) is 17.0 Å². The molecule has 1 saturated carbocycles. The van der Waals surface area contributed by atoms with Crippen molar-refractivity contribution in [3.8, 4) is 0 Å². The van der Waals surface area contributed by atoms with Crippen molar-refractivity contribution in [1.29, 1.82) is 0 Å². The highest BCUT2D eigenvalue weighted by Crippen LogP contribution is 2.31. The Labute approximate surface area is 97.1 Å². The van der Waals surface area contributed by atoms with Gasteiger partial charge in [-0.2, -0.15) is 0 Å². The first-order chi connectivity index (χ1) is 7.50. The minimum Gasteiger partial charge on any atom is -0.380 e. The Bertz CT molecular complexity index is 414. The summed E-state index contributed by atoms with van der Waals surface area (Å²) in [6.07, 6.45) is 2.02. The van der Waals surface area contributed by atoms with Crippen molar-refractivity contribution in [2.24, 2.45) is 0 Å². The number of hydrogen-bond donors (Lipinski definition) is 2. The zero-order valence-corrected chi connectivity index (χ0v) is 9.60. The maximum atomic E-state index is 4.10. The molecule has 0 aromatic rings. The number of rotatable bonds is 0. The Morgan fingerprint density at radius 3 is 2.25 bits per heavy atom. The summed E-state index contributed by atoms with van der Waals surface area (Å²) in [4.78, 5) is 0. The summed E-state index contributed by atoms with van der Waals surface area (Å²) >= 11 is 0. The van der Waals surface area contributed by atoms with Crippen LogP contribution >= 0.6 is 0 Å². The summed E-state index contributed by atoms with van der Waals surface area (Å²) in [5.74, 6) is 0. The van der Waals surface area contributed by atoms with E-state index in [0.29, 0.717) is 6.04 Å². The highest BCUT2D eigenvalue weighted by molar-refractivity contribution is 5.46. The quantitative estimate of drug-likeness (QED) is 0.647.